The number of nitrogens with zero attached hydrogens (tertiary/aromatic N) is 2. The largest absolute Gasteiger partial charge is 0.461 e. The van der Waals surface area contributed by atoms with E-state index in [4.69, 9.17) is 4.74 Å². The number of aliphatic hydroxyl groups excluding tert-OH is 1. The summed E-state index contributed by atoms with van der Waals surface area (Å²) in [5.41, 5.74) is 1.47. The maximum absolute atomic E-state index is 13.1. The number of piperazine rings is 1. The number of hydrogen-bond acceptors (Lipinski definition) is 6. The van der Waals surface area contributed by atoms with E-state index in [0.29, 0.717) is 25.6 Å². The molecular weight excluding hydrogens is 476 g/mol. The number of carbonyl (C=O) groups is 1. The lowest BCUT2D eigenvalue weighted by Crippen LogP contribution is -2.58. The average molecular weight is 517 g/mol. The number of benzene rings is 2. The lowest BCUT2D eigenvalue weighted by atomic mass is 9.55. The molecule has 0 amide bonds. The average Bonchev–Trinajstić information content (AvgIpc) is 3.26. The summed E-state index contributed by atoms with van der Waals surface area (Å²) in [6.07, 6.45) is 4.33. The first-order chi connectivity index (χ1) is 18.3. The summed E-state index contributed by atoms with van der Waals surface area (Å²) < 4.78 is 5.89. The van der Waals surface area contributed by atoms with Gasteiger partial charge in [-0.2, -0.15) is 0 Å². The first-order valence-electron chi connectivity index (χ1n) is 14.2. The Hall–Kier alpha value is -2.51. The van der Waals surface area contributed by atoms with Crippen molar-refractivity contribution < 1.29 is 19.7 Å². The topological polar surface area (TPSA) is 73.2 Å². The zero-order valence-electron chi connectivity index (χ0n) is 22.5. The van der Waals surface area contributed by atoms with Crippen LogP contribution in [-0.4, -0.2) is 70.9 Å². The summed E-state index contributed by atoms with van der Waals surface area (Å²) in [4.78, 5) is 17.6. The third kappa shape index (κ3) is 4.04. The molecule has 2 N–H and O–H groups in total. The van der Waals surface area contributed by atoms with Crippen LogP contribution in [-0.2, 0) is 15.3 Å². The number of carbonyl (C=O) groups excluding carboxylic acids is 1. The van der Waals surface area contributed by atoms with Gasteiger partial charge in [-0.15, -0.1) is 0 Å². The molecule has 2 saturated heterocycles. The summed E-state index contributed by atoms with van der Waals surface area (Å²) in [5.74, 6) is -0.279. The number of hydrogen-bond donors (Lipinski definition) is 2. The Morgan fingerprint density at radius 1 is 1.00 bits per heavy atom. The molecular formula is C32H40N2O4. The van der Waals surface area contributed by atoms with Crippen molar-refractivity contribution in [3.05, 3.63) is 83.4 Å². The SMILES string of the molecule is C[C@@H]1CCC=C2C[C@H]3OC(=O)C(CN4CCN(C(O)(c5ccccc5)c5ccccc5)CC4)[C@H]3[C@H](O)[C@@]21C. The second-order valence-corrected chi connectivity index (χ2v) is 12.0. The minimum Gasteiger partial charge on any atom is -0.461 e. The van der Waals surface area contributed by atoms with Crippen molar-refractivity contribution in [2.75, 3.05) is 32.7 Å². The van der Waals surface area contributed by atoms with E-state index >= 15 is 0 Å². The highest BCUT2D eigenvalue weighted by molar-refractivity contribution is 5.76. The van der Waals surface area contributed by atoms with Gasteiger partial charge >= 0.3 is 5.97 Å². The molecule has 4 aliphatic rings. The fraction of sp³-hybridized carbons (Fsp3) is 0.531. The molecule has 6 atom stereocenters. The van der Waals surface area contributed by atoms with Gasteiger partial charge in [0.2, 0.25) is 0 Å². The molecule has 0 radical (unpaired) electrons. The van der Waals surface area contributed by atoms with Gasteiger partial charge in [0.25, 0.3) is 0 Å². The van der Waals surface area contributed by atoms with Crippen LogP contribution in [0.2, 0.25) is 0 Å². The highest BCUT2D eigenvalue weighted by Crippen LogP contribution is 2.56. The first-order valence-corrected chi connectivity index (χ1v) is 14.2. The summed E-state index contributed by atoms with van der Waals surface area (Å²) in [7, 11) is 0. The van der Waals surface area contributed by atoms with Crippen molar-refractivity contribution in [1.82, 2.24) is 9.80 Å². The zero-order chi connectivity index (χ0) is 26.5. The molecule has 0 spiro atoms. The third-order valence-electron chi connectivity index (χ3n) is 10.2. The lowest BCUT2D eigenvalue weighted by molar-refractivity contribution is -0.145. The van der Waals surface area contributed by atoms with Crippen molar-refractivity contribution >= 4 is 5.97 Å². The lowest BCUT2D eigenvalue weighted by Gasteiger charge is -2.52. The fourth-order valence-electron chi connectivity index (χ4n) is 7.68. The van der Waals surface area contributed by atoms with Crippen LogP contribution in [0.15, 0.2) is 72.3 Å². The summed E-state index contributed by atoms with van der Waals surface area (Å²) in [5, 5.41) is 23.8. The van der Waals surface area contributed by atoms with E-state index < -0.39 is 11.8 Å². The zero-order valence-corrected chi connectivity index (χ0v) is 22.5. The van der Waals surface area contributed by atoms with Gasteiger partial charge < -0.3 is 14.9 Å². The number of ether oxygens (including phenoxy) is 1. The molecule has 6 nitrogen and oxygen atoms in total. The van der Waals surface area contributed by atoms with Gasteiger partial charge in [-0.25, -0.2) is 0 Å². The van der Waals surface area contributed by atoms with E-state index in [9.17, 15) is 15.0 Å². The van der Waals surface area contributed by atoms with Crippen molar-refractivity contribution in [3.8, 4) is 0 Å². The van der Waals surface area contributed by atoms with Crippen LogP contribution in [0.5, 0.6) is 0 Å². The second kappa shape index (κ2) is 9.91. The minimum atomic E-state index is -1.22. The smallest absolute Gasteiger partial charge is 0.311 e. The quantitative estimate of drug-likeness (QED) is 0.466. The number of allylic oxidation sites excluding steroid dienone is 1. The standard InChI is InChI=1S/C32H40N2O4/c1-22-10-9-15-25-20-27-28(29(35)31(22,25)2)26(30(36)38-27)21-33-16-18-34(19-17-33)32(37,23-11-5-3-6-12-23)24-13-7-4-8-14-24/h3-8,11-15,22,26-29,35,37H,9-10,16-21H2,1-2H3/t22-,26?,27-,28-,29+,31-/m1/s1. The van der Waals surface area contributed by atoms with Gasteiger partial charge in [0, 0.05) is 61.6 Å². The highest BCUT2D eigenvalue weighted by Gasteiger charge is 2.60. The van der Waals surface area contributed by atoms with E-state index in [-0.39, 0.29) is 29.3 Å². The fourth-order valence-corrected chi connectivity index (χ4v) is 7.68. The normalized spacial score (nSPS) is 34.3. The molecule has 2 aliphatic heterocycles. The van der Waals surface area contributed by atoms with Gasteiger partial charge in [-0.3, -0.25) is 14.6 Å². The summed E-state index contributed by atoms with van der Waals surface area (Å²) in [6, 6.07) is 19.7. The van der Waals surface area contributed by atoms with E-state index in [1.54, 1.807) is 0 Å². The molecule has 2 aliphatic carbocycles. The molecule has 202 valence electrons. The second-order valence-electron chi connectivity index (χ2n) is 12.0. The van der Waals surface area contributed by atoms with E-state index in [2.05, 4.69) is 29.7 Å². The van der Waals surface area contributed by atoms with Gasteiger partial charge in [-0.05, 0) is 18.8 Å². The third-order valence-corrected chi connectivity index (χ3v) is 10.2. The molecule has 2 aromatic rings. The van der Waals surface area contributed by atoms with Gasteiger partial charge in [-0.1, -0.05) is 86.2 Å². The molecule has 2 heterocycles. The van der Waals surface area contributed by atoms with Crippen LogP contribution >= 0.6 is 0 Å². The van der Waals surface area contributed by atoms with Crippen molar-refractivity contribution in [3.63, 3.8) is 0 Å². The van der Waals surface area contributed by atoms with Crippen LogP contribution < -0.4 is 0 Å². The summed E-state index contributed by atoms with van der Waals surface area (Å²) >= 11 is 0. The number of rotatable bonds is 5. The molecule has 0 aromatic heterocycles. The molecule has 1 saturated carbocycles. The molecule has 2 aromatic carbocycles. The summed E-state index contributed by atoms with van der Waals surface area (Å²) in [6.45, 7) is 7.82. The van der Waals surface area contributed by atoms with Crippen LogP contribution in [0, 0.1) is 23.2 Å². The van der Waals surface area contributed by atoms with Gasteiger partial charge in [0.15, 0.2) is 5.72 Å². The van der Waals surface area contributed by atoms with Crippen LogP contribution in [0.4, 0.5) is 0 Å². The predicted octanol–water partition coefficient (Wildman–Crippen LogP) is 3.78. The highest BCUT2D eigenvalue weighted by atomic mass is 16.6. The molecule has 0 bridgehead atoms. The van der Waals surface area contributed by atoms with Crippen molar-refractivity contribution in [2.24, 2.45) is 23.2 Å². The molecule has 1 unspecified atom stereocenters. The maximum Gasteiger partial charge on any atom is 0.311 e. The molecule has 6 rings (SSSR count). The van der Waals surface area contributed by atoms with Gasteiger partial charge in [0.1, 0.15) is 6.10 Å². The predicted molar refractivity (Wildman–Crippen MR) is 146 cm³/mol. The minimum absolute atomic E-state index is 0.165. The Morgan fingerprint density at radius 3 is 2.21 bits per heavy atom. The first kappa shape index (κ1) is 25.8. The van der Waals surface area contributed by atoms with E-state index in [1.165, 1.54) is 5.57 Å². The Morgan fingerprint density at radius 2 is 1.61 bits per heavy atom. The molecule has 6 heteroatoms. The number of aliphatic hydroxyl groups is 2. The van der Waals surface area contributed by atoms with Crippen LogP contribution in [0.1, 0.15) is 44.2 Å². The van der Waals surface area contributed by atoms with Crippen LogP contribution in [0.3, 0.4) is 0 Å². The maximum atomic E-state index is 13.1. The molecule has 38 heavy (non-hydrogen) atoms. The van der Waals surface area contributed by atoms with Crippen molar-refractivity contribution in [1.29, 1.82) is 0 Å². The Labute approximate surface area is 225 Å². The van der Waals surface area contributed by atoms with E-state index in [0.717, 1.165) is 43.5 Å². The molecule has 3 fully saturated rings. The Balaban J connectivity index is 1.18. The van der Waals surface area contributed by atoms with Gasteiger partial charge in [0.05, 0.1) is 12.0 Å². The Kier molecular flexibility index (Phi) is 6.71. The Bertz CT molecular complexity index is 1140. The number of esters is 1. The van der Waals surface area contributed by atoms with Crippen LogP contribution in [0.25, 0.3) is 0 Å². The number of fused-ring (bicyclic) bond motifs is 2. The van der Waals surface area contributed by atoms with Crippen molar-refractivity contribution in [2.45, 2.75) is 51.0 Å². The van der Waals surface area contributed by atoms with E-state index in [1.807, 2.05) is 60.7 Å². The monoisotopic (exact) mass is 516 g/mol.